The molecule has 3 aromatic heterocycles. The van der Waals surface area contributed by atoms with Crippen molar-refractivity contribution in [3.05, 3.63) is 54.6 Å². The molecule has 0 aromatic carbocycles. The van der Waals surface area contributed by atoms with E-state index >= 15 is 0 Å². The first-order chi connectivity index (χ1) is 9.38. The summed E-state index contributed by atoms with van der Waals surface area (Å²) in [6.45, 7) is 0.681. The van der Waals surface area contributed by atoms with Gasteiger partial charge >= 0.3 is 0 Å². The van der Waals surface area contributed by atoms with Gasteiger partial charge in [-0.2, -0.15) is 4.98 Å². The largest absolute Gasteiger partial charge is 0.436 e. The molecule has 19 heavy (non-hydrogen) atoms. The summed E-state index contributed by atoms with van der Waals surface area (Å²) in [4.78, 5) is 8.53. The van der Waals surface area contributed by atoms with Crippen LogP contribution in [0.3, 0.4) is 0 Å². The molecule has 5 nitrogen and oxygen atoms in total. The first kappa shape index (κ1) is 11.7. The first-order valence-corrected chi connectivity index (χ1v) is 6.07. The molecule has 3 rings (SSSR count). The zero-order valence-electron chi connectivity index (χ0n) is 10.6. The van der Waals surface area contributed by atoms with Crippen LogP contribution in [0.15, 0.2) is 48.9 Å². The van der Waals surface area contributed by atoms with Crippen molar-refractivity contribution in [2.75, 3.05) is 7.05 Å². The Kier molecular flexibility index (Phi) is 3.12. The number of pyridine rings is 2. The standard InChI is InChI=1S/C14H14N4O/c1-15-10-12-14(19-11-5-4-7-16-9-11)17-13-6-2-3-8-18(12)13/h2-9,15H,10H2,1H3. The number of ether oxygens (including phenoxy) is 1. The number of rotatable bonds is 4. The molecule has 0 aliphatic carbocycles. The van der Waals surface area contributed by atoms with Crippen molar-refractivity contribution in [1.29, 1.82) is 0 Å². The number of nitrogens with one attached hydrogen (secondary N) is 1. The minimum absolute atomic E-state index is 0.605. The fraction of sp³-hybridized carbons (Fsp3) is 0.143. The summed E-state index contributed by atoms with van der Waals surface area (Å²) in [6, 6.07) is 9.58. The maximum absolute atomic E-state index is 5.81. The minimum atomic E-state index is 0.605. The third kappa shape index (κ3) is 2.28. The van der Waals surface area contributed by atoms with Crippen LogP contribution in [0, 0.1) is 0 Å². The summed E-state index contributed by atoms with van der Waals surface area (Å²) in [6.07, 6.45) is 5.36. The summed E-state index contributed by atoms with van der Waals surface area (Å²) >= 11 is 0. The molecule has 0 bridgehead atoms. The molecular weight excluding hydrogens is 240 g/mol. The molecule has 0 saturated carbocycles. The van der Waals surface area contributed by atoms with Crippen molar-refractivity contribution in [2.45, 2.75) is 6.54 Å². The van der Waals surface area contributed by atoms with Crippen molar-refractivity contribution >= 4 is 5.65 Å². The number of fused-ring (bicyclic) bond motifs is 1. The van der Waals surface area contributed by atoms with Crippen molar-refractivity contribution in [3.63, 3.8) is 0 Å². The fourth-order valence-electron chi connectivity index (χ4n) is 1.95. The normalized spacial score (nSPS) is 10.8. The Bertz CT molecular complexity index is 678. The Hall–Kier alpha value is -2.40. The van der Waals surface area contributed by atoms with E-state index < -0.39 is 0 Å². The van der Waals surface area contributed by atoms with E-state index in [4.69, 9.17) is 4.74 Å². The van der Waals surface area contributed by atoms with Crippen LogP contribution < -0.4 is 10.1 Å². The van der Waals surface area contributed by atoms with Gasteiger partial charge in [-0.25, -0.2) is 0 Å². The first-order valence-electron chi connectivity index (χ1n) is 6.07. The second-order valence-electron chi connectivity index (χ2n) is 4.11. The number of nitrogens with zero attached hydrogens (tertiary/aromatic N) is 3. The van der Waals surface area contributed by atoms with Gasteiger partial charge in [0, 0.05) is 18.9 Å². The van der Waals surface area contributed by atoms with Crippen LogP contribution >= 0.6 is 0 Å². The van der Waals surface area contributed by atoms with E-state index in [1.165, 1.54) is 0 Å². The van der Waals surface area contributed by atoms with E-state index in [0.29, 0.717) is 18.2 Å². The van der Waals surface area contributed by atoms with Gasteiger partial charge in [-0.1, -0.05) is 6.07 Å². The van der Waals surface area contributed by atoms with Gasteiger partial charge in [0.15, 0.2) is 0 Å². The zero-order chi connectivity index (χ0) is 13.1. The molecule has 0 unspecified atom stereocenters. The highest BCUT2D eigenvalue weighted by Crippen LogP contribution is 2.25. The molecule has 0 fully saturated rings. The van der Waals surface area contributed by atoms with E-state index in [9.17, 15) is 0 Å². The van der Waals surface area contributed by atoms with Gasteiger partial charge < -0.3 is 10.1 Å². The molecule has 0 saturated heterocycles. The minimum Gasteiger partial charge on any atom is -0.436 e. The van der Waals surface area contributed by atoms with Crippen LogP contribution in [-0.4, -0.2) is 21.4 Å². The molecule has 0 spiro atoms. The van der Waals surface area contributed by atoms with Crippen LogP contribution in [0.25, 0.3) is 5.65 Å². The molecule has 0 amide bonds. The van der Waals surface area contributed by atoms with Gasteiger partial charge in [0.05, 0.1) is 6.20 Å². The Labute approximate surface area is 110 Å². The average Bonchev–Trinajstić information content (AvgIpc) is 2.79. The van der Waals surface area contributed by atoms with Gasteiger partial charge in [0.2, 0.25) is 5.88 Å². The molecule has 0 radical (unpaired) electrons. The fourth-order valence-corrected chi connectivity index (χ4v) is 1.95. The summed E-state index contributed by atoms with van der Waals surface area (Å²) in [5.74, 6) is 1.29. The summed E-state index contributed by atoms with van der Waals surface area (Å²) in [5.41, 5.74) is 1.86. The molecule has 96 valence electrons. The van der Waals surface area contributed by atoms with E-state index in [0.717, 1.165) is 11.3 Å². The molecule has 0 aliphatic heterocycles. The van der Waals surface area contributed by atoms with Crippen LogP contribution in [0.5, 0.6) is 11.6 Å². The van der Waals surface area contributed by atoms with Gasteiger partial charge in [0.1, 0.15) is 17.1 Å². The highest BCUT2D eigenvalue weighted by molar-refractivity contribution is 5.46. The smallest absolute Gasteiger partial charge is 0.242 e. The Morgan fingerprint density at radius 3 is 3.00 bits per heavy atom. The van der Waals surface area contributed by atoms with Crippen LogP contribution in [-0.2, 0) is 6.54 Å². The van der Waals surface area contributed by atoms with Crippen molar-refractivity contribution in [1.82, 2.24) is 19.7 Å². The lowest BCUT2D eigenvalue weighted by molar-refractivity contribution is 0.455. The summed E-state index contributed by atoms with van der Waals surface area (Å²) in [7, 11) is 1.90. The van der Waals surface area contributed by atoms with Crippen molar-refractivity contribution in [2.24, 2.45) is 0 Å². The van der Waals surface area contributed by atoms with E-state index in [2.05, 4.69) is 15.3 Å². The van der Waals surface area contributed by atoms with E-state index in [-0.39, 0.29) is 0 Å². The average molecular weight is 254 g/mol. The van der Waals surface area contributed by atoms with E-state index in [1.807, 2.05) is 48.0 Å². The molecule has 5 heteroatoms. The third-order valence-corrected chi connectivity index (χ3v) is 2.79. The molecule has 0 atom stereocenters. The Balaban J connectivity index is 2.04. The SMILES string of the molecule is CNCc1c(Oc2cccnc2)nc2ccccn12. The molecule has 3 heterocycles. The van der Waals surface area contributed by atoms with Gasteiger partial charge in [-0.3, -0.25) is 9.38 Å². The third-order valence-electron chi connectivity index (χ3n) is 2.79. The number of hydrogen-bond acceptors (Lipinski definition) is 4. The van der Waals surface area contributed by atoms with Crippen LogP contribution in [0.2, 0.25) is 0 Å². The predicted octanol–water partition coefficient (Wildman–Crippen LogP) is 2.24. The highest BCUT2D eigenvalue weighted by atomic mass is 16.5. The molecule has 3 aromatic rings. The van der Waals surface area contributed by atoms with Crippen molar-refractivity contribution in [3.8, 4) is 11.6 Å². The van der Waals surface area contributed by atoms with Gasteiger partial charge in [-0.05, 0) is 31.3 Å². The second-order valence-corrected chi connectivity index (χ2v) is 4.11. The topological polar surface area (TPSA) is 51.5 Å². The monoisotopic (exact) mass is 254 g/mol. The van der Waals surface area contributed by atoms with Crippen LogP contribution in [0.4, 0.5) is 0 Å². The lowest BCUT2D eigenvalue weighted by Crippen LogP contribution is -2.08. The van der Waals surface area contributed by atoms with Gasteiger partial charge in [0.25, 0.3) is 0 Å². The summed E-state index contributed by atoms with van der Waals surface area (Å²) < 4.78 is 7.83. The van der Waals surface area contributed by atoms with Crippen LogP contribution in [0.1, 0.15) is 5.69 Å². The number of aromatic nitrogens is 3. The molecule has 0 aliphatic rings. The Morgan fingerprint density at radius 2 is 2.21 bits per heavy atom. The van der Waals surface area contributed by atoms with Gasteiger partial charge in [-0.15, -0.1) is 0 Å². The maximum Gasteiger partial charge on any atom is 0.242 e. The highest BCUT2D eigenvalue weighted by Gasteiger charge is 2.13. The molecular formula is C14H14N4O. The lowest BCUT2D eigenvalue weighted by Gasteiger charge is -2.05. The second kappa shape index (κ2) is 5.07. The number of hydrogen-bond donors (Lipinski definition) is 1. The van der Waals surface area contributed by atoms with E-state index in [1.54, 1.807) is 12.4 Å². The predicted molar refractivity (Wildman–Crippen MR) is 72.3 cm³/mol. The lowest BCUT2D eigenvalue weighted by atomic mass is 10.4. The molecule has 1 N–H and O–H groups in total. The zero-order valence-corrected chi connectivity index (χ0v) is 10.6. The Morgan fingerprint density at radius 1 is 1.26 bits per heavy atom. The number of imidazole rings is 1. The maximum atomic E-state index is 5.81. The summed E-state index contributed by atoms with van der Waals surface area (Å²) in [5, 5.41) is 3.13. The van der Waals surface area contributed by atoms with Crippen molar-refractivity contribution < 1.29 is 4.74 Å². The quantitative estimate of drug-likeness (QED) is 0.775.